The molecular formula is C4H11NaO2S. The minimum atomic E-state index is -0.274. The second kappa shape index (κ2) is 4.94. The van der Waals surface area contributed by atoms with Gasteiger partial charge in [-0.05, 0) is 20.8 Å². The van der Waals surface area contributed by atoms with E-state index in [-0.39, 0.29) is 47.1 Å². The van der Waals surface area contributed by atoms with Gasteiger partial charge in [0, 0.05) is 0 Å². The van der Waals surface area contributed by atoms with Gasteiger partial charge in [0.2, 0.25) is 0 Å². The normalized spacial score (nSPS) is 10.4. The molecule has 0 aromatic rings. The van der Waals surface area contributed by atoms with Gasteiger partial charge in [-0.15, -0.1) is 0 Å². The van der Waals surface area contributed by atoms with Gasteiger partial charge in [0.05, 0.1) is 5.60 Å². The second-order valence-corrected chi connectivity index (χ2v) is 2.61. The SMILES string of the molecule is CC(C)(C)O[SH]=O.[NaH]. The van der Waals surface area contributed by atoms with Crippen molar-refractivity contribution in [3.63, 3.8) is 0 Å². The van der Waals surface area contributed by atoms with Gasteiger partial charge in [-0.2, -0.15) is 0 Å². The van der Waals surface area contributed by atoms with Gasteiger partial charge in [-0.25, -0.2) is 4.21 Å². The standard InChI is InChI=1S/C4H10O2S.Na.H/c1-4(2,3)6-7-5;;/h7H,1-3H3;;. The first-order chi connectivity index (χ1) is 3.06. The fourth-order valence-corrected chi connectivity index (χ4v) is 0.335. The Morgan fingerprint density at radius 1 is 1.38 bits per heavy atom. The second-order valence-electron chi connectivity index (χ2n) is 2.28. The predicted molar refractivity (Wildman–Crippen MR) is 37.5 cm³/mol. The van der Waals surface area contributed by atoms with Crippen LogP contribution in [0.4, 0.5) is 0 Å². The molecule has 0 radical (unpaired) electrons. The van der Waals surface area contributed by atoms with Crippen LogP contribution in [0.25, 0.3) is 0 Å². The Labute approximate surface area is 76.0 Å². The van der Waals surface area contributed by atoms with Crippen LogP contribution in [0.1, 0.15) is 20.8 Å². The quantitative estimate of drug-likeness (QED) is 0.417. The van der Waals surface area contributed by atoms with Crippen molar-refractivity contribution in [1.29, 1.82) is 0 Å². The molecule has 2 nitrogen and oxygen atoms in total. The molecule has 0 saturated carbocycles. The summed E-state index contributed by atoms with van der Waals surface area (Å²) in [6, 6.07) is 0. The van der Waals surface area contributed by atoms with Crippen LogP contribution in [0.15, 0.2) is 0 Å². The Morgan fingerprint density at radius 2 is 1.75 bits per heavy atom. The first-order valence-electron chi connectivity index (χ1n) is 2.07. The van der Waals surface area contributed by atoms with E-state index in [4.69, 9.17) is 0 Å². The summed E-state index contributed by atoms with van der Waals surface area (Å²) < 4.78 is 14.3. The van der Waals surface area contributed by atoms with Gasteiger partial charge in [0.25, 0.3) is 0 Å². The van der Waals surface area contributed by atoms with E-state index in [0.29, 0.717) is 0 Å². The van der Waals surface area contributed by atoms with Gasteiger partial charge in [0.1, 0.15) is 11.9 Å². The Bertz CT molecular complexity index is 68.9. The molecule has 0 aliphatic heterocycles. The zero-order valence-electron chi connectivity index (χ0n) is 4.76. The fraction of sp³-hybridized carbons (Fsp3) is 1.00. The van der Waals surface area contributed by atoms with Crippen LogP contribution in [0, 0.1) is 0 Å². The van der Waals surface area contributed by atoms with Crippen LogP contribution in [0.2, 0.25) is 0 Å². The zero-order valence-corrected chi connectivity index (χ0v) is 5.66. The molecule has 0 N–H and O–H groups in total. The molecule has 8 heavy (non-hydrogen) atoms. The van der Waals surface area contributed by atoms with Crippen LogP contribution in [0.5, 0.6) is 0 Å². The summed E-state index contributed by atoms with van der Waals surface area (Å²) in [5.41, 5.74) is -0.274. The summed E-state index contributed by atoms with van der Waals surface area (Å²) in [5, 5.41) is 0. The molecule has 4 heteroatoms. The molecule has 0 aromatic carbocycles. The first-order valence-corrected chi connectivity index (χ1v) is 2.80. The average molecular weight is 146 g/mol. The summed E-state index contributed by atoms with van der Waals surface area (Å²) in [4.78, 5) is 0. The maximum atomic E-state index is 9.70. The summed E-state index contributed by atoms with van der Waals surface area (Å²) >= 11 is -0.241. The van der Waals surface area contributed by atoms with E-state index >= 15 is 0 Å². The average Bonchev–Trinajstić information content (AvgIpc) is 1.30. The van der Waals surface area contributed by atoms with Crippen molar-refractivity contribution in [3.05, 3.63) is 0 Å². The number of hydrogen-bond acceptors (Lipinski definition) is 2. The molecule has 0 aliphatic carbocycles. The molecule has 0 atom stereocenters. The van der Waals surface area contributed by atoms with E-state index in [9.17, 15) is 4.21 Å². The van der Waals surface area contributed by atoms with Crippen molar-refractivity contribution in [1.82, 2.24) is 0 Å². The van der Waals surface area contributed by atoms with Gasteiger partial charge >= 0.3 is 29.6 Å². The van der Waals surface area contributed by atoms with E-state index in [0.717, 1.165) is 0 Å². The molecule has 0 spiro atoms. The minimum absolute atomic E-state index is 0. The molecule has 0 rings (SSSR count). The van der Waals surface area contributed by atoms with Crippen molar-refractivity contribution in [3.8, 4) is 0 Å². The summed E-state index contributed by atoms with van der Waals surface area (Å²) in [5.74, 6) is 0. The first kappa shape index (κ1) is 11.9. The van der Waals surface area contributed by atoms with Crippen LogP contribution in [-0.4, -0.2) is 39.4 Å². The van der Waals surface area contributed by atoms with Crippen LogP contribution in [0.3, 0.4) is 0 Å². The topological polar surface area (TPSA) is 26.3 Å². The van der Waals surface area contributed by atoms with Crippen LogP contribution in [-0.2, 0) is 16.1 Å². The Kier molecular flexibility index (Phi) is 7.32. The van der Waals surface area contributed by atoms with Crippen molar-refractivity contribution in [2.24, 2.45) is 0 Å². The number of thiol groups is 1. The molecule has 0 heterocycles. The van der Waals surface area contributed by atoms with E-state index in [1.165, 1.54) is 0 Å². The Balaban J connectivity index is 0. The van der Waals surface area contributed by atoms with Crippen molar-refractivity contribution in [2.45, 2.75) is 26.4 Å². The molecule has 0 bridgehead atoms. The van der Waals surface area contributed by atoms with E-state index < -0.39 is 0 Å². The van der Waals surface area contributed by atoms with Crippen molar-refractivity contribution < 1.29 is 8.39 Å². The maximum absolute atomic E-state index is 9.70. The third-order valence-corrected chi connectivity index (χ3v) is 0.933. The molecule has 0 aliphatic rings. The van der Waals surface area contributed by atoms with Crippen LogP contribution >= 0.6 is 0 Å². The molecule has 0 fully saturated rings. The van der Waals surface area contributed by atoms with Gasteiger partial charge < -0.3 is 0 Å². The van der Waals surface area contributed by atoms with E-state index in [2.05, 4.69) is 4.18 Å². The van der Waals surface area contributed by atoms with E-state index in [1.807, 2.05) is 20.8 Å². The van der Waals surface area contributed by atoms with Gasteiger partial charge in [-0.3, -0.25) is 4.18 Å². The predicted octanol–water partition coefficient (Wildman–Crippen LogP) is 0.0133. The van der Waals surface area contributed by atoms with Crippen molar-refractivity contribution >= 4 is 41.5 Å². The summed E-state index contributed by atoms with van der Waals surface area (Å²) in [7, 11) is 0. The third kappa shape index (κ3) is 10.2. The molecule has 46 valence electrons. The Hall–Kier alpha value is 1.11. The number of hydrogen-bond donors (Lipinski definition) is 1. The van der Waals surface area contributed by atoms with Gasteiger partial charge in [0.15, 0.2) is 0 Å². The fourth-order valence-electron chi connectivity index (χ4n) is 0.112. The third-order valence-electron chi connectivity index (χ3n) is 0.311. The van der Waals surface area contributed by atoms with E-state index in [1.54, 1.807) is 0 Å². The molecule has 0 unspecified atom stereocenters. The molecule has 0 saturated heterocycles. The molecular weight excluding hydrogens is 135 g/mol. The monoisotopic (exact) mass is 146 g/mol. The Morgan fingerprint density at radius 3 is 1.75 bits per heavy atom. The molecule has 0 aromatic heterocycles. The number of rotatable bonds is 1. The zero-order chi connectivity index (χ0) is 5.91. The van der Waals surface area contributed by atoms with Crippen LogP contribution < -0.4 is 0 Å². The van der Waals surface area contributed by atoms with Crippen molar-refractivity contribution in [2.75, 3.05) is 0 Å². The summed E-state index contributed by atoms with van der Waals surface area (Å²) in [6.07, 6.45) is 0. The summed E-state index contributed by atoms with van der Waals surface area (Å²) in [6.45, 7) is 5.54. The van der Waals surface area contributed by atoms with Gasteiger partial charge in [-0.1, -0.05) is 0 Å². The molecule has 0 amide bonds.